The zero-order chi connectivity index (χ0) is 18.6. The number of anilines is 1. The molecular weight excluding hydrogens is 328 g/mol. The van der Waals surface area contributed by atoms with Crippen LogP contribution in [0.15, 0.2) is 60.8 Å². The number of hydrogen-bond acceptors (Lipinski definition) is 1. The highest BCUT2D eigenvalue weighted by Crippen LogP contribution is 2.28. The number of nitrogens with zero attached hydrogens (tertiary/aromatic N) is 2. The van der Waals surface area contributed by atoms with Gasteiger partial charge < -0.3 is 4.90 Å². The van der Waals surface area contributed by atoms with Crippen LogP contribution in [0.3, 0.4) is 0 Å². The minimum absolute atomic E-state index is 1.10. The molecule has 2 heterocycles. The molecule has 0 aromatic heterocycles. The first-order valence-corrected chi connectivity index (χ1v) is 10.1. The van der Waals surface area contributed by atoms with Gasteiger partial charge >= 0.3 is 0 Å². The minimum Gasteiger partial charge on any atom is -0.348 e. The molecule has 27 heavy (non-hydrogen) atoms. The maximum atomic E-state index is 2.38. The van der Waals surface area contributed by atoms with E-state index in [0.717, 1.165) is 13.1 Å². The van der Waals surface area contributed by atoms with Crippen molar-refractivity contribution in [3.8, 4) is 0 Å². The van der Waals surface area contributed by atoms with Gasteiger partial charge in [-0.3, -0.25) is 0 Å². The first kappa shape index (κ1) is 17.8. The quantitative estimate of drug-likeness (QED) is 0.520. The van der Waals surface area contributed by atoms with E-state index in [-0.39, 0.29) is 0 Å². The lowest BCUT2D eigenvalue weighted by Crippen LogP contribution is -2.23. The SMILES string of the molecule is Cc1ccc2c(c1)CCCN2/C=C/C=C/C=[N+]1CCCc2cc(C)ccc21. The fourth-order valence-corrected chi connectivity index (χ4v) is 4.19. The highest BCUT2D eigenvalue weighted by Gasteiger charge is 2.19. The fraction of sp³-hybridized carbons (Fsp3) is 0.320. The predicted octanol–water partition coefficient (Wildman–Crippen LogP) is 5.49. The lowest BCUT2D eigenvalue weighted by molar-refractivity contribution is -0.440. The first-order valence-electron chi connectivity index (χ1n) is 10.1. The second-order valence-electron chi connectivity index (χ2n) is 7.73. The van der Waals surface area contributed by atoms with Crippen molar-refractivity contribution in [2.24, 2.45) is 0 Å². The zero-order valence-corrected chi connectivity index (χ0v) is 16.5. The molecule has 0 fully saturated rings. The Morgan fingerprint density at radius 2 is 1.63 bits per heavy atom. The Kier molecular flexibility index (Phi) is 5.24. The molecule has 0 bridgehead atoms. The lowest BCUT2D eigenvalue weighted by Gasteiger charge is -2.28. The molecule has 2 heteroatoms. The van der Waals surface area contributed by atoms with E-state index in [9.17, 15) is 0 Å². The van der Waals surface area contributed by atoms with E-state index < -0.39 is 0 Å². The van der Waals surface area contributed by atoms with E-state index in [0.29, 0.717) is 0 Å². The molecule has 0 N–H and O–H groups in total. The van der Waals surface area contributed by atoms with Gasteiger partial charge in [0, 0.05) is 42.6 Å². The van der Waals surface area contributed by atoms with Crippen LogP contribution < -0.4 is 4.90 Å². The summed E-state index contributed by atoms with van der Waals surface area (Å²) < 4.78 is 2.38. The molecule has 0 radical (unpaired) electrons. The first-order chi connectivity index (χ1) is 13.2. The van der Waals surface area contributed by atoms with Crippen molar-refractivity contribution in [1.82, 2.24) is 0 Å². The van der Waals surface area contributed by atoms with Crippen molar-refractivity contribution in [3.05, 3.63) is 83.1 Å². The predicted molar refractivity (Wildman–Crippen MR) is 115 cm³/mol. The average molecular weight is 358 g/mol. The normalized spacial score (nSPS) is 18.3. The number of fused-ring (bicyclic) bond motifs is 2. The Bertz CT molecular complexity index is 918. The van der Waals surface area contributed by atoms with Crippen molar-refractivity contribution >= 4 is 17.6 Å². The monoisotopic (exact) mass is 357 g/mol. The summed E-state index contributed by atoms with van der Waals surface area (Å²) in [6.07, 6.45) is 15.7. The summed E-state index contributed by atoms with van der Waals surface area (Å²) in [5.74, 6) is 0. The van der Waals surface area contributed by atoms with Crippen molar-refractivity contribution in [3.63, 3.8) is 0 Å². The molecule has 2 nitrogen and oxygen atoms in total. The third-order valence-corrected chi connectivity index (χ3v) is 5.53. The van der Waals surface area contributed by atoms with E-state index in [4.69, 9.17) is 0 Å². The molecule has 2 aromatic rings. The molecule has 0 saturated carbocycles. The van der Waals surface area contributed by atoms with Crippen molar-refractivity contribution in [2.75, 3.05) is 18.0 Å². The van der Waals surface area contributed by atoms with Gasteiger partial charge in [0.25, 0.3) is 0 Å². The van der Waals surface area contributed by atoms with Gasteiger partial charge in [0.2, 0.25) is 5.69 Å². The summed E-state index contributed by atoms with van der Waals surface area (Å²) in [5.41, 5.74) is 8.38. The van der Waals surface area contributed by atoms with Gasteiger partial charge in [0.1, 0.15) is 6.54 Å². The van der Waals surface area contributed by atoms with Crippen molar-refractivity contribution < 1.29 is 4.58 Å². The van der Waals surface area contributed by atoms with Gasteiger partial charge in [-0.25, -0.2) is 0 Å². The number of rotatable bonds is 3. The molecular formula is C25H29N2+. The van der Waals surface area contributed by atoms with E-state index in [2.05, 4.69) is 90.4 Å². The van der Waals surface area contributed by atoms with Gasteiger partial charge in [0.05, 0.1) is 0 Å². The third-order valence-electron chi connectivity index (χ3n) is 5.53. The molecule has 0 atom stereocenters. The van der Waals surface area contributed by atoms with E-state index in [1.165, 1.54) is 59.3 Å². The molecule has 0 unspecified atom stereocenters. The van der Waals surface area contributed by atoms with Gasteiger partial charge in [-0.15, -0.1) is 0 Å². The van der Waals surface area contributed by atoms with E-state index >= 15 is 0 Å². The molecule has 0 aliphatic carbocycles. The lowest BCUT2D eigenvalue weighted by atomic mass is 10.00. The Balaban J connectivity index is 1.46. The summed E-state index contributed by atoms with van der Waals surface area (Å²) in [5, 5.41) is 0. The molecule has 0 saturated heterocycles. The van der Waals surface area contributed by atoms with Crippen LogP contribution in [-0.4, -0.2) is 23.9 Å². The van der Waals surface area contributed by atoms with Gasteiger partial charge in [-0.1, -0.05) is 35.4 Å². The minimum atomic E-state index is 1.10. The molecule has 0 amide bonds. The topological polar surface area (TPSA) is 6.25 Å². The number of benzene rings is 2. The van der Waals surface area contributed by atoms with Crippen LogP contribution in [-0.2, 0) is 12.8 Å². The standard InChI is InChI=1S/C25H29N2/c1-20-10-12-24-22(18-20)8-6-16-26(24)14-4-3-5-15-27-17-7-9-23-19-21(2)11-13-25(23)27/h3-5,10-15,18-19H,6-9,16-17H2,1-2H3/q+1. The Morgan fingerprint density at radius 3 is 2.52 bits per heavy atom. The molecule has 0 spiro atoms. The third kappa shape index (κ3) is 4.05. The second-order valence-corrected chi connectivity index (χ2v) is 7.73. The number of allylic oxidation sites excluding steroid dienone is 3. The highest BCUT2D eigenvalue weighted by molar-refractivity contribution is 5.69. The zero-order valence-electron chi connectivity index (χ0n) is 16.5. The Hall–Kier alpha value is -2.61. The number of hydrogen-bond donors (Lipinski definition) is 0. The largest absolute Gasteiger partial charge is 0.348 e. The maximum Gasteiger partial charge on any atom is 0.208 e. The maximum absolute atomic E-state index is 2.38. The second kappa shape index (κ2) is 7.96. The summed E-state index contributed by atoms with van der Waals surface area (Å²) in [6.45, 7) is 6.55. The van der Waals surface area contributed by atoms with Gasteiger partial charge in [0.15, 0.2) is 6.21 Å². The summed E-state index contributed by atoms with van der Waals surface area (Å²) in [4.78, 5) is 2.38. The van der Waals surface area contributed by atoms with E-state index in [1.54, 1.807) is 0 Å². The van der Waals surface area contributed by atoms with Crippen LogP contribution in [0.1, 0.15) is 35.1 Å². The van der Waals surface area contributed by atoms with Gasteiger partial charge in [-0.2, -0.15) is 4.58 Å². The van der Waals surface area contributed by atoms with Crippen LogP contribution >= 0.6 is 0 Å². The van der Waals surface area contributed by atoms with Crippen molar-refractivity contribution in [2.45, 2.75) is 39.5 Å². The average Bonchev–Trinajstić information content (AvgIpc) is 2.67. The molecule has 2 aromatic carbocycles. The summed E-state index contributed by atoms with van der Waals surface area (Å²) >= 11 is 0. The molecule has 2 aliphatic rings. The summed E-state index contributed by atoms with van der Waals surface area (Å²) in [6, 6.07) is 13.6. The fourth-order valence-electron chi connectivity index (χ4n) is 4.19. The van der Waals surface area contributed by atoms with Crippen LogP contribution in [0.5, 0.6) is 0 Å². The smallest absolute Gasteiger partial charge is 0.208 e. The Labute approximate surface area is 163 Å². The molecule has 2 aliphatic heterocycles. The highest BCUT2D eigenvalue weighted by atomic mass is 15.1. The van der Waals surface area contributed by atoms with Crippen molar-refractivity contribution in [1.29, 1.82) is 0 Å². The Morgan fingerprint density at radius 1 is 0.852 bits per heavy atom. The van der Waals surface area contributed by atoms with Crippen LogP contribution in [0.25, 0.3) is 0 Å². The van der Waals surface area contributed by atoms with Crippen LogP contribution in [0, 0.1) is 13.8 Å². The van der Waals surface area contributed by atoms with Gasteiger partial charge in [-0.05, 0) is 56.9 Å². The molecule has 4 rings (SSSR count). The molecule has 138 valence electrons. The van der Waals surface area contributed by atoms with Crippen LogP contribution in [0.4, 0.5) is 11.4 Å². The van der Waals surface area contributed by atoms with Crippen LogP contribution in [0.2, 0.25) is 0 Å². The number of aryl methyl sites for hydroxylation is 4. The summed E-state index contributed by atoms with van der Waals surface area (Å²) in [7, 11) is 0. The van der Waals surface area contributed by atoms with E-state index in [1.807, 2.05) is 0 Å².